The Hall–Kier alpha value is -2.62. The van der Waals surface area contributed by atoms with E-state index in [1.807, 2.05) is 30.3 Å². The Labute approximate surface area is 129 Å². The Bertz CT molecular complexity index is 672. The Morgan fingerprint density at radius 1 is 0.955 bits per heavy atom. The molecule has 4 heteroatoms. The van der Waals surface area contributed by atoms with Gasteiger partial charge in [0.15, 0.2) is 0 Å². The van der Waals surface area contributed by atoms with E-state index in [2.05, 4.69) is 23.2 Å². The Balaban J connectivity index is 1.99. The predicted octanol–water partition coefficient (Wildman–Crippen LogP) is 4.08. The molecule has 1 heterocycles. The van der Waals surface area contributed by atoms with Crippen molar-refractivity contribution in [2.75, 3.05) is 13.1 Å². The van der Waals surface area contributed by atoms with E-state index in [-0.39, 0.29) is 10.6 Å². The van der Waals surface area contributed by atoms with Gasteiger partial charge in [0.05, 0.1) is 4.92 Å². The van der Waals surface area contributed by atoms with Crippen molar-refractivity contribution in [2.45, 2.75) is 12.8 Å². The first kappa shape index (κ1) is 14.3. The summed E-state index contributed by atoms with van der Waals surface area (Å²) in [5.74, 6) is 0. The summed E-state index contributed by atoms with van der Waals surface area (Å²) in [5.41, 5.74) is 3.36. The van der Waals surface area contributed by atoms with E-state index in [1.54, 1.807) is 12.1 Å². The molecule has 3 rings (SSSR count). The van der Waals surface area contributed by atoms with Gasteiger partial charge in [0.1, 0.15) is 0 Å². The molecule has 0 saturated carbocycles. The van der Waals surface area contributed by atoms with Gasteiger partial charge >= 0.3 is 0 Å². The van der Waals surface area contributed by atoms with E-state index < -0.39 is 0 Å². The van der Waals surface area contributed by atoms with Crippen molar-refractivity contribution in [3.05, 3.63) is 82.0 Å². The van der Waals surface area contributed by atoms with Crippen LogP contribution < -0.4 is 0 Å². The maximum absolute atomic E-state index is 10.8. The lowest BCUT2D eigenvalue weighted by Gasteiger charge is -2.16. The van der Waals surface area contributed by atoms with Gasteiger partial charge in [0.2, 0.25) is 0 Å². The van der Waals surface area contributed by atoms with Crippen molar-refractivity contribution in [2.24, 2.45) is 0 Å². The third kappa shape index (κ3) is 3.17. The van der Waals surface area contributed by atoms with Gasteiger partial charge in [-0.3, -0.25) is 10.1 Å². The zero-order chi connectivity index (χ0) is 15.4. The van der Waals surface area contributed by atoms with Crippen LogP contribution in [0.15, 0.2) is 60.8 Å². The average molecular weight is 294 g/mol. The van der Waals surface area contributed by atoms with Gasteiger partial charge in [-0.05, 0) is 36.1 Å². The normalized spacial score (nSPS) is 15.1. The van der Waals surface area contributed by atoms with Crippen LogP contribution in [0.25, 0.3) is 5.57 Å². The molecule has 0 N–H and O–H groups in total. The summed E-state index contributed by atoms with van der Waals surface area (Å²) in [6, 6.07) is 16.9. The fourth-order valence-electron chi connectivity index (χ4n) is 2.75. The molecule has 0 aliphatic carbocycles. The van der Waals surface area contributed by atoms with Crippen LogP contribution in [0.1, 0.15) is 24.0 Å². The number of hydrogen-bond acceptors (Lipinski definition) is 3. The maximum Gasteiger partial charge on any atom is 0.269 e. The van der Waals surface area contributed by atoms with E-state index in [9.17, 15) is 10.1 Å². The molecule has 0 spiro atoms. The molecule has 0 amide bonds. The van der Waals surface area contributed by atoms with Gasteiger partial charge in [-0.15, -0.1) is 0 Å². The summed E-state index contributed by atoms with van der Waals surface area (Å²) in [6.07, 6.45) is 4.63. The molecule has 0 atom stereocenters. The standard InChI is InChI=1S/C18H18N2O2/c21-20(22)17-10-8-16(9-11-17)18(14-19-12-4-5-13-19)15-6-2-1-3-7-15/h1-3,6-11,14H,4-5,12-13H2. The molecule has 0 bridgehead atoms. The molecule has 0 aromatic heterocycles. The van der Waals surface area contributed by atoms with Crippen LogP contribution in [0, 0.1) is 10.1 Å². The highest BCUT2D eigenvalue weighted by atomic mass is 16.6. The summed E-state index contributed by atoms with van der Waals surface area (Å²) in [7, 11) is 0. The molecule has 1 fully saturated rings. The molecule has 0 radical (unpaired) electrons. The van der Waals surface area contributed by atoms with E-state index in [0.717, 1.165) is 29.8 Å². The average Bonchev–Trinajstić information content (AvgIpc) is 3.07. The molecule has 22 heavy (non-hydrogen) atoms. The molecule has 112 valence electrons. The summed E-state index contributed by atoms with van der Waals surface area (Å²) < 4.78 is 0. The van der Waals surface area contributed by atoms with Crippen LogP contribution in [0.2, 0.25) is 0 Å². The third-order valence-corrected chi connectivity index (χ3v) is 3.93. The van der Waals surface area contributed by atoms with E-state index >= 15 is 0 Å². The second kappa shape index (κ2) is 6.43. The van der Waals surface area contributed by atoms with Gasteiger partial charge in [-0.25, -0.2) is 0 Å². The first-order valence-electron chi connectivity index (χ1n) is 7.50. The van der Waals surface area contributed by atoms with Crippen LogP contribution >= 0.6 is 0 Å². The van der Waals surface area contributed by atoms with Crippen molar-refractivity contribution < 1.29 is 4.92 Å². The molecular weight excluding hydrogens is 276 g/mol. The second-order valence-electron chi connectivity index (χ2n) is 5.46. The quantitative estimate of drug-likeness (QED) is 0.630. The highest BCUT2D eigenvalue weighted by molar-refractivity contribution is 5.79. The second-order valence-corrected chi connectivity index (χ2v) is 5.46. The minimum Gasteiger partial charge on any atom is -0.377 e. The van der Waals surface area contributed by atoms with Crippen molar-refractivity contribution in [1.82, 2.24) is 4.90 Å². The topological polar surface area (TPSA) is 46.4 Å². The predicted molar refractivity (Wildman–Crippen MR) is 87.4 cm³/mol. The van der Waals surface area contributed by atoms with Crippen molar-refractivity contribution in [1.29, 1.82) is 0 Å². The van der Waals surface area contributed by atoms with Gasteiger partial charge in [-0.1, -0.05) is 30.3 Å². The Morgan fingerprint density at radius 3 is 2.14 bits per heavy atom. The van der Waals surface area contributed by atoms with Crippen molar-refractivity contribution in [3.8, 4) is 0 Å². The number of rotatable bonds is 4. The van der Waals surface area contributed by atoms with Gasteiger partial charge < -0.3 is 4.90 Å². The summed E-state index contributed by atoms with van der Waals surface area (Å²) in [4.78, 5) is 12.8. The fraction of sp³-hybridized carbons (Fsp3) is 0.222. The SMILES string of the molecule is O=[N+]([O-])c1ccc(C(=CN2CCCC2)c2ccccc2)cc1. The first-order chi connectivity index (χ1) is 10.7. The van der Waals surface area contributed by atoms with E-state index in [1.165, 1.54) is 12.8 Å². The van der Waals surface area contributed by atoms with Crippen LogP contribution in [0.5, 0.6) is 0 Å². The van der Waals surface area contributed by atoms with Crippen LogP contribution in [-0.2, 0) is 0 Å². The van der Waals surface area contributed by atoms with Crippen molar-refractivity contribution >= 4 is 11.3 Å². The highest BCUT2D eigenvalue weighted by Gasteiger charge is 2.13. The lowest BCUT2D eigenvalue weighted by atomic mass is 9.98. The Kier molecular flexibility index (Phi) is 4.19. The molecule has 2 aromatic carbocycles. The molecule has 0 unspecified atom stereocenters. The maximum atomic E-state index is 10.8. The molecule has 2 aromatic rings. The number of nitro benzene ring substituents is 1. The number of nitro groups is 1. The van der Waals surface area contributed by atoms with Gasteiger partial charge in [0, 0.05) is 37.0 Å². The number of benzene rings is 2. The fourth-order valence-corrected chi connectivity index (χ4v) is 2.75. The number of non-ortho nitro benzene ring substituents is 1. The molecule has 1 aliphatic heterocycles. The van der Waals surface area contributed by atoms with E-state index in [4.69, 9.17) is 0 Å². The first-order valence-corrected chi connectivity index (χ1v) is 7.50. The van der Waals surface area contributed by atoms with E-state index in [0.29, 0.717) is 0 Å². The van der Waals surface area contributed by atoms with Crippen LogP contribution in [0.4, 0.5) is 5.69 Å². The third-order valence-electron chi connectivity index (χ3n) is 3.93. The lowest BCUT2D eigenvalue weighted by molar-refractivity contribution is -0.384. The Morgan fingerprint density at radius 2 is 1.55 bits per heavy atom. The molecular formula is C18H18N2O2. The van der Waals surface area contributed by atoms with Crippen LogP contribution in [-0.4, -0.2) is 22.9 Å². The highest BCUT2D eigenvalue weighted by Crippen LogP contribution is 2.26. The monoisotopic (exact) mass is 294 g/mol. The minimum absolute atomic E-state index is 0.123. The largest absolute Gasteiger partial charge is 0.377 e. The molecule has 1 aliphatic rings. The number of nitrogens with zero attached hydrogens (tertiary/aromatic N) is 2. The number of hydrogen-bond donors (Lipinski definition) is 0. The summed E-state index contributed by atoms with van der Waals surface area (Å²) in [6.45, 7) is 2.15. The summed E-state index contributed by atoms with van der Waals surface area (Å²) in [5, 5.41) is 10.8. The van der Waals surface area contributed by atoms with Gasteiger partial charge in [0.25, 0.3) is 5.69 Å². The number of likely N-dealkylation sites (tertiary alicyclic amines) is 1. The van der Waals surface area contributed by atoms with Crippen LogP contribution in [0.3, 0.4) is 0 Å². The minimum atomic E-state index is -0.365. The van der Waals surface area contributed by atoms with Crippen molar-refractivity contribution in [3.63, 3.8) is 0 Å². The molecule has 4 nitrogen and oxygen atoms in total. The molecule has 1 saturated heterocycles. The smallest absolute Gasteiger partial charge is 0.269 e. The zero-order valence-corrected chi connectivity index (χ0v) is 12.3. The zero-order valence-electron chi connectivity index (χ0n) is 12.3. The van der Waals surface area contributed by atoms with Gasteiger partial charge in [-0.2, -0.15) is 0 Å². The summed E-state index contributed by atoms with van der Waals surface area (Å²) >= 11 is 0. The lowest BCUT2D eigenvalue weighted by Crippen LogP contribution is -2.12.